The molecule has 1 aliphatic carbocycles. The number of rotatable bonds is 6. The number of fused-ring (bicyclic) bond motifs is 7. The third-order valence-electron chi connectivity index (χ3n) is 14.2. The van der Waals surface area contributed by atoms with E-state index in [0.717, 1.165) is 17.1 Å². The van der Waals surface area contributed by atoms with Gasteiger partial charge in [0.05, 0.1) is 17.1 Å². The number of hydrogen-bond acceptors (Lipinski definition) is 2. The van der Waals surface area contributed by atoms with Crippen LogP contribution in [0.3, 0.4) is 0 Å². The van der Waals surface area contributed by atoms with Crippen LogP contribution in [0.5, 0.6) is 0 Å². The first-order chi connectivity index (χ1) is 31.3. The fourth-order valence-electron chi connectivity index (χ4n) is 11.0. The maximum atomic E-state index is 2.58. The predicted octanol–water partition coefficient (Wildman–Crippen LogP) is 17.2. The smallest absolute Gasteiger partial charge is 0.0618 e. The summed E-state index contributed by atoms with van der Waals surface area (Å²) in [6.45, 7) is 9.52. The monoisotopic (exact) mass is 820 g/mol. The van der Waals surface area contributed by atoms with E-state index in [1.54, 1.807) is 0 Å². The lowest BCUT2D eigenvalue weighted by molar-refractivity contribution is 0.632. The lowest BCUT2D eigenvalue weighted by Crippen LogP contribution is -2.31. The van der Waals surface area contributed by atoms with Gasteiger partial charge in [0.15, 0.2) is 0 Å². The molecule has 64 heavy (non-hydrogen) atoms. The molecule has 1 heterocycles. The van der Waals surface area contributed by atoms with Crippen LogP contribution < -0.4 is 9.80 Å². The molecule has 10 aromatic carbocycles. The maximum Gasteiger partial charge on any atom is 0.0618 e. The van der Waals surface area contributed by atoms with Crippen molar-refractivity contribution in [1.29, 1.82) is 0 Å². The zero-order valence-electron chi connectivity index (χ0n) is 36.7. The van der Waals surface area contributed by atoms with E-state index in [1.165, 1.54) is 94.2 Å². The number of nitrogens with zero attached hydrogens (tertiary/aromatic N) is 2. The van der Waals surface area contributed by atoms with Crippen LogP contribution in [0.25, 0.3) is 54.9 Å². The van der Waals surface area contributed by atoms with E-state index in [-0.39, 0.29) is 10.8 Å². The van der Waals surface area contributed by atoms with Crippen LogP contribution in [-0.4, -0.2) is 0 Å². The highest BCUT2D eigenvalue weighted by Crippen LogP contribution is 2.57. The quantitative estimate of drug-likeness (QED) is 0.165. The summed E-state index contributed by atoms with van der Waals surface area (Å²) in [6.07, 6.45) is 0. The molecule has 0 aromatic heterocycles. The van der Waals surface area contributed by atoms with Crippen molar-refractivity contribution in [1.82, 2.24) is 0 Å². The van der Waals surface area contributed by atoms with Gasteiger partial charge in [0.2, 0.25) is 0 Å². The zero-order chi connectivity index (χ0) is 43.2. The van der Waals surface area contributed by atoms with Crippen molar-refractivity contribution in [3.05, 3.63) is 241 Å². The molecule has 0 unspecified atom stereocenters. The second-order valence-electron chi connectivity index (χ2n) is 18.5. The molecule has 0 saturated carbocycles. The second kappa shape index (κ2) is 14.4. The Bertz CT molecular complexity index is 3460. The molecule has 0 radical (unpaired) electrons. The first-order valence-corrected chi connectivity index (χ1v) is 22.5. The predicted molar refractivity (Wildman–Crippen MR) is 271 cm³/mol. The highest BCUT2D eigenvalue weighted by molar-refractivity contribution is 6.11. The van der Waals surface area contributed by atoms with E-state index in [9.17, 15) is 0 Å². The molecule has 10 aromatic rings. The van der Waals surface area contributed by atoms with E-state index in [0.29, 0.717) is 0 Å². The molecule has 0 spiro atoms. The van der Waals surface area contributed by atoms with Crippen molar-refractivity contribution in [3.8, 4) is 33.4 Å². The second-order valence-corrected chi connectivity index (χ2v) is 18.5. The number of anilines is 6. The average Bonchev–Trinajstić information content (AvgIpc) is 3.57. The Kier molecular flexibility index (Phi) is 8.58. The summed E-state index contributed by atoms with van der Waals surface area (Å²) in [4.78, 5) is 5.06. The van der Waals surface area contributed by atoms with E-state index in [4.69, 9.17) is 0 Å². The molecule has 1 aliphatic heterocycles. The molecule has 0 amide bonds. The first-order valence-electron chi connectivity index (χ1n) is 22.5. The molecule has 2 heteroatoms. The molecule has 2 aliphatic rings. The Morgan fingerprint density at radius 2 is 0.875 bits per heavy atom. The molecular weight excluding hydrogens is 773 g/mol. The van der Waals surface area contributed by atoms with Crippen molar-refractivity contribution >= 4 is 55.7 Å². The minimum atomic E-state index is -0.271. The number of benzene rings is 10. The molecule has 306 valence electrons. The minimum Gasteiger partial charge on any atom is -0.310 e. The lowest BCUT2D eigenvalue weighted by Gasteiger charge is -2.43. The Morgan fingerprint density at radius 3 is 1.72 bits per heavy atom. The standard InChI is InChI=1S/C62H48N2/c1-61(2)54-29-13-12-27-51(54)52-36-33-46(39-57(52)61)63(45-24-16-23-44(38-45)41-18-6-5-7-19-41)47-34-37-56-59(40-47)64(58-31-15-14-30-55(58)62(56,3)4)60-49-26-11-9-21-43(49)32-35-53(60)50-28-17-22-42-20-8-10-25-48(42)50/h5-40H,1-4H3. The minimum absolute atomic E-state index is 0.147. The van der Waals surface area contributed by atoms with Gasteiger partial charge in [-0.25, -0.2) is 0 Å². The van der Waals surface area contributed by atoms with Crippen molar-refractivity contribution in [2.45, 2.75) is 38.5 Å². The SMILES string of the molecule is CC1(C)c2ccccc2-c2ccc(N(c3cccc(-c4ccccc4)c3)c3ccc4c(c3)N(c3c(-c5cccc6ccccc56)ccc5ccccc35)c3ccccc3C4(C)C)cc21. The van der Waals surface area contributed by atoms with Crippen LogP contribution in [0.15, 0.2) is 218 Å². The van der Waals surface area contributed by atoms with E-state index < -0.39 is 0 Å². The average molecular weight is 821 g/mol. The Balaban J connectivity index is 1.13. The van der Waals surface area contributed by atoms with Gasteiger partial charge < -0.3 is 9.80 Å². The molecule has 0 saturated heterocycles. The van der Waals surface area contributed by atoms with Crippen molar-refractivity contribution in [2.24, 2.45) is 0 Å². The summed E-state index contributed by atoms with van der Waals surface area (Å²) < 4.78 is 0. The van der Waals surface area contributed by atoms with Gasteiger partial charge >= 0.3 is 0 Å². The van der Waals surface area contributed by atoms with Crippen molar-refractivity contribution in [2.75, 3.05) is 9.80 Å². The van der Waals surface area contributed by atoms with Crippen molar-refractivity contribution in [3.63, 3.8) is 0 Å². The van der Waals surface area contributed by atoms with Gasteiger partial charge in [-0.1, -0.05) is 204 Å². The van der Waals surface area contributed by atoms with Gasteiger partial charge in [0, 0.05) is 38.8 Å². The Hall–Kier alpha value is -7.68. The first kappa shape index (κ1) is 38.0. The van der Waals surface area contributed by atoms with Gasteiger partial charge in [0.25, 0.3) is 0 Å². The van der Waals surface area contributed by atoms with Gasteiger partial charge in [-0.3, -0.25) is 0 Å². The summed E-state index contributed by atoms with van der Waals surface area (Å²) in [5, 5.41) is 4.90. The summed E-state index contributed by atoms with van der Waals surface area (Å²) in [5.74, 6) is 0. The topological polar surface area (TPSA) is 6.48 Å². The summed E-state index contributed by atoms with van der Waals surface area (Å²) in [7, 11) is 0. The van der Waals surface area contributed by atoms with Crippen LogP contribution in [0.1, 0.15) is 49.9 Å². The largest absolute Gasteiger partial charge is 0.310 e. The molecule has 0 N–H and O–H groups in total. The zero-order valence-corrected chi connectivity index (χ0v) is 36.7. The summed E-state index contributed by atoms with van der Waals surface area (Å²) >= 11 is 0. The highest BCUT2D eigenvalue weighted by Gasteiger charge is 2.39. The Labute approximate surface area is 376 Å². The fraction of sp³-hybridized carbons (Fsp3) is 0.0968. The maximum absolute atomic E-state index is 2.58. The van der Waals surface area contributed by atoms with E-state index in [1.807, 2.05) is 0 Å². The van der Waals surface area contributed by atoms with Crippen LogP contribution in [0.2, 0.25) is 0 Å². The normalized spacial score (nSPS) is 14.2. The van der Waals surface area contributed by atoms with Gasteiger partial charge in [-0.2, -0.15) is 0 Å². The third-order valence-corrected chi connectivity index (χ3v) is 14.2. The summed E-state index contributed by atoms with van der Waals surface area (Å²) in [5.41, 5.74) is 19.3. The van der Waals surface area contributed by atoms with Crippen molar-refractivity contribution < 1.29 is 0 Å². The van der Waals surface area contributed by atoms with E-state index in [2.05, 4.69) is 256 Å². The molecule has 0 fully saturated rings. The van der Waals surface area contributed by atoms with Gasteiger partial charge in [0.1, 0.15) is 0 Å². The Morgan fingerprint density at radius 1 is 0.328 bits per heavy atom. The van der Waals surface area contributed by atoms with Crippen LogP contribution >= 0.6 is 0 Å². The summed E-state index contributed by atoms with van der Waals surface area (Å²) in [6, 6.07) is 81.1. The molecule has 2 nitrogen and oxygen atoms in total. The lowest BCUT2D eigenvalue weighted by atomic mass is 9.73. The van der Waals surface area contributed by atoms with Gasteiger partial charge in [-0.05, 0) is 109 Å². The third kappa shape index (κ3) is 5.79. The molecule has 0 atom stereocenters. The highest BCUT2D eigenvalue weighted by atomic mass is 15.2. The van der Waals surface area contributed by atoms with Crippen LogP contribution in [-0.2, 0) is 10.8 Å². The number of para-hydroxylation sites is 1. The van der Waals surface area contributed by atoms with Gasteiger partial charge in [-0.15, -0.1) is 0 Å². The molecule has 0 bridgehead atoms. The fourth-order valence-corrected chi connectivity index (χ4v) is 11.0. The van der Waals surface area contributed by atoms with E-state index >= 15 is 0 Å². The van der Waals surface area contributed by atoms with Crippen LogP contribution in [0.4, 0.5) is 34.1 Å². The molecular formula is C62H48N2. The molecule has 12 rings (SSSR count). The number of hydrogen-bond donors (Lipinski definition) is 0. The van der Waals surface area contributed by atoms with Crippen LogP contribution in [0, 0.1) is 0 Å².